The highest BCUT2D eigenvalue weighted by Crippen LogP contribution is 2.39. The quantitative estimate of drug-likeness (QED) is 0.303. The first-order chi connectivity index (χ1) is 12.3. The van der Waals surface area contributed by atoms with Gasteiger partial charge in [-0.2, -0.15) is 0 Å². The van der Waals surface area contributed by atoms with Crippen molar-refractivity contribution in [3.63, 3.8) is 0 Å². The van der Waals surface area contributed by atoms with Crippen LogP contribution in [0.5, 0.6) is 0 Å². The maximum absolute atomic E-state index is 12.9. The molecule has 4 aromatic carbocycles. The zero-order valence-corrected chi connectivity index (χ0v) is 14.3. The van der Waals surface area contributed by atoms with Gasteiger partial charge in [-0.05, 0) is 39.1 Å². The van der Waals surface area contributed by atoms with Gasteiger partial charge in [0, 0.05) is 12.0 Å². The molecule has 0 aliphatic rings. The van der Waals surface area contributed by atoms with E-state index in [0.29, 0.717) is 6.42 Å². The fourth-order valence-electron chi connectivity index (χ4n) is 3.70. The van der Waals surface area contributed by atoms with Crippen LogP contribution < -0.4 is 0 Å². The van der Waals surface area contributed by atoms with E-state index < -0.39 is 0 Å². The smallest absolute Gasteiger partial charge is 0.164 e. The van der Waals surface area contributed by atoms with Gasteiger partial charge in [-0.1, -0.05) is 85.8 Å². The van der Waals surface area contributed by atoms with E-state index in [9.17, 15) is 4.79 Å². The van der Waals surface area contributed by atoms with E-state index in [1.165, 1.54) is 11.1 Å². The molecule has 4 aromatic rings. The molecule has 0 aromatic heterocycles. The summed E-state index contributed by atoms with van der Waals surface area (Å²) in [4.78, 5) is 12.9. The molecule has 0 atom stereocenters. The van der Waals surface area contributed by atoms with Gasteiger partial charge in [0.25, 0.3) is 0 Å². The molecule has 25 heavy (non-hydrogen) atoms. The van der Waals surface area contributed by atoms with Crippen LogP contribution in [0.4, 0.5) is 0 Å². The third kappa shape index (κ3) is 2.62. The normalized spacial score (nSPS) is 11.1. The van der Waals surface area contributed by atoms with Crippen molar-refractivity contribution in [1.82, 2.24) is 0 Å². The molecule has 122 valence electrons. The average Bonchev–Trinajstić information content (AvgIpc) is 2.66. The second kappa shape index (κ2) is 6.52. The number of hydrogen-bond donors (Lipinski definition) is 0. The van der Waals surface area contributed by atoms with Crippen LogP contribution >= 0.6 is 0 Å². The first kappa shape index (κ1) is 15.6. The number of hydrogen-bond acceptors (Lipinski definition) is 1. The molecule has 1 nitrogen and oxygen atoms in total. The molecule has 0 bridgehead atoms. The molecule has 0 saturated heterocycles. The summed E-state index contributed by atoms with van der Waals surface area (Å²) in [6.07, 6.45) is 1.45. The third-order valence-electron chi connectivity index (χ3n) is 4.75. The molecule has 0 N–H and O–H groups in total. The van der Waals surface area contributed by atoms with Crippen molar-refractivity contribution in [2.24, 2.45) is 0 Å². The Kier molecular flexibility index (Phi) is 4.07. The number of rotatable bonds is 4. The maximum Gasteiger partial charge on any atom is 0.164 e. The van der Waals surface area contributed by atoms with Crippen LogP contribution in [-0.2, 0) is 0 Å². The predicted octanol–water partition coefficient (Wildman–Crippen LogP) is 6.64. The van der Waals surface area contributed by atoms with Crippen LogP contribution in [0, 0.1) is 0 Å². The zero-order valence-electron chi connectivity index (χ0n) is 14.3. The summed E-state index contributed by atoms with van der Waals surface area (Å²) in [5.41, 5.74) is 3.26. The first-order valence-corrected chi connectivity index (χ1v) is 8.83. The van der Waals surface area contributed by atoms with Gasteiger partial charge in [0.15, 0.2) is 5.78 Å². The summed E-state index contributed by atoms with van der Waals surface area (Å²) in [6, 6.07) is 27.0. The molecule has 0 aliphatic carbocycles. The Morgan fingerprint density at radius 2 is 1.16 bits per heavy atom. The van der Waals surface area contributed by atoms with E-state index in [-0.39, 0.29) is 5.78 Å². The maximum atomic E-state index is 12.9. The summed E-state index contributed by atoms with van der Waals surface area (Å²) in [5.74, 6) is 0.231. The largest absolute Gasteiger partial charge is 0.294 e. The molecule has 0 radical (unpaired) electrons. The molecule has 0 fully saturated rings. The molecule has 0 saturated carbocycles. The Morgan fingerprint density at radius 3 is 1.68 bits per heavy atom. The van der Waals surface area contributed by atoms with Crippen LogP contribution in [0.2, 0.25) is 0 Å². The van der Waals surface area contributed by atoms with Crippen molar-refractivity contribution in [3.05, 3.63) is 84.4 Å². The SMILES string of the molecule is CCCC(=O)c1c2ccccc2c(-c2ccccc2)c2ccccc12. The Labute approximate surface area is 147 Å². The van der Waals surface area contributed by atoms with Gasteiger partial charge >= 0.3 is 0 Å². The van der Waals surface area contributed by atoms with E-state index in [4.69, 9.17) is 0 Å². The number of carbonyl (C=O) groups excluding carboxylic acids is 1. The van der Waals surface area contributed by atoms with Crippen LogP contribution in [-0.4, -0.2) is 5.78 Å². The molecule has 0 amide bonds. The summed E-state index contributed by atoms with van der Waals surface area (Å²) in [7, 11) is 0. The topological polar surface area (TPSA) is 17.1 Å². The number of fused-ring (bicyclic) bond motifs is 2. The minimum Gasteiger partial charge on any atom is -0.294 e. The Morgan fingerprint density at radius 1 is 0.680 bits per heavy atom. The molecule has 0 unspecified atom stereocenters. The predicted molar refractivity (Wildman–Crippen MR) is 106 cm³/mol. The molecule has 0 aliphatic heterocycles. The molecular formula is C24H20O. The zero-order chi connectivity index (χ0) is 17.2. The molecular weight excluding hydrogens is 304 g/mol. The van der Waals surface area contributed by atoms with Gasteiger partial charge in [-0.15, -0.1) is 0 Å². The summed E-state index contributed by atoms with van der Waals surface area (Å²) in [6.45, 7) is 2.06. The fraction of sp³-hybridized carbons (Fsp3) is 0.125. The second-order valence-electron chi connectivity index (χ2n) is 6.38. The van der Waals surface area contributed by atoms with Crippen molar-refractivity contribution in [3.8, 4) is 11.1 Å². The molecule has 1 heteroatoms. The Balaban J connectivity index is 2.20. The van der Waals surface area contributed by atoms with Crippen LogP contribution in [0.3, 0.4) is 0 Å². The lowest BCUT2D eigenvalue weighted by molar-refractivity contribution is 0.0985. The van der Waals surface area contributed by atoms with E-state index in [1.54, 1.807) is 0 Å². The lowest BCUT2D eigenvalue weighted by Gasteiger charge is -2.16. The van der Waals surface area contributed by atoms with Crippen molar-refractivity contribution in [2.75, 3.05) is 0 Å². The van der Waals surface area contributed by atoms with E-state index >= 15 is 0 Å². The molecule has 0 spiro atoms. The number of benzene rings is 4. The first-order valence-electron chi connectivity index (χ1n) is 8.83. The fourth-order valence-corrected chi connectivity index (χ4v) is 3.70. The third-order valence-corrected chi connectivity index (χ3v) is 4.75. The monoisotopic (exact) mass is 324 g/mol. The highest BCUT2D eigenvalue weighted by molar-refractivity contribution is 6.24. The van der Waals surface area contributed by atoms with E-state index in [1.807, 2.05) is 18.2 Å². The molecule has 0 heterocycles. The van der Waals surface area contributed by atoms with Gasteiger partial charge in [0.1, 0.15) is 0 Å². The lowest BCUT2D eigenvalue weighted by atomic mass is 9.86. The average molecular weight is 324 g/mol. The van der Waals surface area contributed by atoms with Crippen molar-refractivity contribution in [1.29, 1.82) is 0 Å². The Hall–Kier alpha value is -2.93. The van der Waals surface area contributed by atoms with Crippen LogP contribution in [0.1, 0.15) is 30.1 Å². The summed E-state index contributed by atoms with van der Waals surface area (Å²) < 4.78 is 0. The van der Waals surface area contributed by atoms with Gasteiger partial charge in [-0.3, -0.25) is 4.79 Å². The standard InChI is InChI=1S/C24H20O/c1-2-10-22(25)24-20-15-8-6-13-18(20)23(17-11-4-3-5-12-17)19-14-7-9-16-21(19)24/h3-9,11-16H,2,10H2,1H3. The minimum absolute atomic E-state index is 0.231. The van der Waals surface area contributed by atoms with Gasteiger partial charge < -0.3 is 0 Å². The lowest BCUT2D eigenvalue weighted by Crippen LogP contribution is -2.02. The van der Waals surface area contributed by atoms with Crippen LogP contribution in [0.25, 0.3) is 32.7 Å². The van der Waals surface area contributed by atoms with Gasteiger partial charge in [0.05, 0.1) is 0 Å². The van der Waals surface area contributed by atoms with E-state index in [2.05, 4.69) is 67.6 Å². The highest BCUT2D eigenvalue weighted by Gasteiger charge is 2.18. The second-order valence-corrected chi connectivity index (χ2v) is 6.38. The van der Waals surface area contributed by atoms with Gasteiger partial charge in [-0.25, -0.2) is 0 Å². The number of ketones is 1. The van der Waals surface area contributed by atoms with Crippen molar-refractivity contribution in [2.45, 2.75) is 19.8 Å². The highest BCUT2D eigenvalue weighted by atomic mass is 16.1. The summed E-state index contributed by atoms with van der Waals surface area (Å²) in [5, 5.41) is 4.40. The summed E-state index contributed by atoms with van der Waals surface area (Å²) >= 11 is 0. The van der Waals surface area contributed by atoms with Crippen molar-refractivity contribution >= 4 is 27.3 Å². The Bertz CT molecular complexity index is 1000. The van der Waals surface area contributed by atoms with E-state index in [0.717, 1.165) is 33.5 Å². The molecule has 4 rings (SSSR count). The van der Waals surface area contributed by atoms with Gasteiger partial charge in [0.2, 0.25) is 0 Å². The minimum atomic E-state index is 0.231. The van der Waals surface area contributed by atoms with Crippen LogP contribution in [0.15, 0.2) is 78.9 Å². The number of Topliss-reactive ketones (excluding diaryl/α,β-unsaturated/α-hetero) is 1. The van der Waals surface area contributed by atoms with Crippen molar-refractivity contribution < 1.29 is 4.79 Å². The number of carbonyl (C=O) groups is 1.